The highest BCUT2D eigenvalue weighted by Crippen LogP contribution is 2.32. The molecule has 2 fully saturated rings. The van der Waals surface area contributed by atoms with Gasteiger partial charge in [0.15, 0.2) is 0 Å². The maximum atomic E-state index is 8.36. The van der Waals surface area contributed by atoms with Crippen LogP contribution >= 0.6 is 0 Å². The van der Waals surface area contributed by atoms with E-state index in [-0.39, 0.29) is 0 Å². The van der Waals surface area contributed by atoms with Gasteiger partial charge in [0.05, 0.1) is 12.4 Å². The molecule has 0 bridgehead atoms. The third-order valence-electron chi connectivity index (χ3n) is 3.83. The SMILES string of the molecule is COCCN(C(=N)C1CCCCC1)C1CC1. The molecule has 2 rings (SSSR count). The largest absolute Gasteiger partial charge is 0.383 e. The molecule has 0 aliphatic heterocycles. The molecular formula is C13H24N2O. The maximum Gasteiger partial charge on any atom is 0.0992 e. The first kappa shape index (κ1) is 11.9. The van der Waals surface area contributed by atoms with Crippen LogP contribution in [0.4, 0.5) is 0 Å². The summed E-state index contributed by atoms with van der Waals surface area (Å²) in [6.07, 6.45) is 9.01. The molecule has 0 heterocycles. The zero-order chi connectivity index (χ0) is 11.4. The van der Waals surface area contributed by atoms with Crippen molar-refractivity contribution in [2.45, 2.75) is 51.0 Å². The highest BCUT2D eigenvalue weighted by molar-refractivity contribution is 5.82. The van der Waals surface area contributed by atoms with Crippen molar-refractivity contribution in [3.63, 3.8) is 0 Å². The molecule has 0 saturated heterocycles. The minimum Gasteiger partial charge on any atom is -0.383 e. The Hall–Kier alpha value is -0.570. The molecule has 2 aliphatic rings. The molecule has 1 N–H and O–H groups in total. The summed E-state index contributed by atoms with van der Waals surface area (Å²) in [6.45, 7) is 1.67. The van der Waals surface area contributed by atoms with Crippen LogP contribution in [0.25, 0.3) is 0 Å². The van der Waals surface area contributed by atoms with Crippen LogP contribution in [-0.2, 0) is 4.74 Å². The molecule has 0 spiro atoms. The monoisotopic (exact) mass is 224 g/mol. The number of amidine groups is 1. The predicted molar refractivity (Wildman–Crippen MR) is 65.9 cm³/mol. The van der Waals surface area contributed by atoms with Gasteiger partial charge in [-0.15, -0.1) is 0 Å². The zero-order valence-corrected chi connectivity index (χ0v) is 10.4. The van der Waals surface area contributed by atoms with E-state index in [2.05, 4.69) is 4.90 Å². The minimum absolute atomic E-state index is 0.534. The molecule has 0 amide bonds. The summed E-state index contributed by atoms with van der Waals surface area (Å²) in [4.78, 5) is 2.31. The summed E-state index contributed by atoms with van der Waals surface area (Å²) in [5.41, 5.74) is 0. The van der Waals surface area contributed by atoms with Gasteiger partial charge in [-0.05, 0) is 25.7 Å². The lowest BCUT2D eigenvalue weighted by molar-refractivity contribution is 0.170. The Balaban J connectivity index is 1.87. The number of rotatable bonds is 5. The van der Waals surface area contributed by atoms with Gasteiger partial charge in [-0.25, -0.2) is 0 Å². The lowest BCUT2D eigenvalue weighted by Gasteiger charge is -2.32. The number of ether oxygens (including phenoxy) is 1. The van der Waals surface area contributed by atoms with Gasteiger partial charge in [0.25, 0.3) is 0 Å². The molecule has 2 saturated carbocycles. The summed E-state index contributed by atoms with van der Waals surface area (Å²) in [5.74, 6) is 1.44. The fourth-order valence-electron chi connectivity index (χ4n) is 2.69. The first-order valence-electron chi connectivity index (χ1n) is 6.67. The Bertz CT molecular complexity index is 232. The van der Waals surface area contributed by atoms with E-state index in [1.807, 2.05) is 0 Å². The van der Waals surface area contributed by atoms with E-state index in [1.54, 1.807) is 7.11 Å². The van der Waals surface area contributed by atoms with Crippen LogP contribution in [0.5, 0.6) is 0 Å². The lowest BCUT2D eigenvalue weighted by Crippen LogP contribution is -2.40. The highest BCUT2D eigenvalue weighted by Gasteiger charge is 2.33. The van der Waals surface area contributed by atoms with E-state index in [0.29, 0.717) is 12.0 Å². The fraction of sp³-hybridized carbons (Fsp3) is 0.923. The molecule has 0 radical (unpaired) electrons. The van der Waals surface area contributed by atoms with Crippen LogP contribution in [0.3, 0.4) is 0 Å². The lowest BCUT2D eigenvalue weighted by atomic mass is 9.88. The Kier molecular flexibility index (Phi) is 4.22. The van der Waals surface area contributed by atoms with E-state index in [9.17, 15) is 0 Å². The molecule has 3 heteroatoms. The normalized spacial score (nSPS) is 22.1. The molecule has 16 heavy (non-hydrogen) atoms. The first-order valence-corrected chi connectivity index (χ1v) is 6.67. The third-order valence-corrected chi connectivity index (χ3v) is 3.83. The molecule has 0 unspecified atom stereocenters. The van der Waals surface area contributed by atoms with Crippen molar-refractivity contribution in [1.82, 2.24) is 4.90 Å². The Morgan fingerprint density at radius 2 is 1.88 bits per heavy atom. The third kappa shape index (κ3) is 2.97. The summed E-state index contributed by atoms with van der Waals surface area (Å²) >= 11 is 0. The van der Waals surface area contributed by atoms with E-state index < -0.39 is 0 Å². The van der Waals surface area contributed by atoms with Crippen molar-refractivity contribution in [3.8, 4) is 0 Å². The number of nitrogens with one attached hydrogen (secondary N) is 1. The van der Waals surface area contributed by atoms with E-state index >= 15 is 0 Å². The van der Waals surface area contributed by atoms with Crippen LogP contribution in [-0.4, -0.2) is 37.0 Å². The first-order chi connectivity index (χ1) is 7.83. The van der Waals surface area contributed by atoms with Gasteiger partial charge < -0.3 is 9.64 Å². The van der Waals surface area contributed by atoms with Gasteiger partial charge in [0.1, 0.15) is 0 Å². The fourth-order valence-corrected chi connectivity index (χ4v) is 2.69. The summed E-state index contributed by atoms with van der Waals surface area (Å²) in [7, 11) is 1.75. The Labute approximate surface area is 98.7 Å². The molecule has 2 aliphatic carbocycles. The molecule has 0 aromatic heterocycles. The quantitative estimate of drug-likeness (QED) is 0.575. The second kappa shape index (κ2) is 5.67. The van der Waals surface area contributed by atoms with Crippen LogP contribution in [0.1, 0.15) is 44.9 Å². The Morgan fingerprint density at radius 1 is 1.19 bits per heavy atom. The zero-order valence-electron chi connectivity index (χ0n) is 10.4. The van der Waals surface area contributed by atoms with Gasteiger partial charge >= 0.3 is 0 Å². The van der Waals surface area contributed by atoms with Crippen molar-refractivity contribution in [3.05, 3.63) is 0 Å². The summed E-state index contributed by atoms with van der Waals surface area (Å²) in [6, 6.07) is 0.657. The van der Waals surface area contributed by atoms with E-state index in [0.717, 1.165) is 19.0 Å². The molecule has 0 aromatic carbocycles. The van der Waals surface area contributed by atoms with Gasteiger partial charge in [0, 0.05) is 25.6 Å². The smallest absolute Gasteiger partial charge is 0.0992 e. The molecule has 92 valence electrons. The van der Waals surface area contributed by atoms with Crippen LogP contribution in [0, 0.1) is 11.3 Å². The van der Waals surface area contributed by atoms with Crippen molar-refractivity contribution in [2.75, 3.05) is 20.3 Å². The van der Waals surface area contributed by atoms with Gasteiger partial charge in [-0.2, -0.15) is 0 Å². The van der Waals surface area contributed by atoms with Crippen LogP contribution in [0.15, 0.2) is 0 Å². The second-order valence-electron chi connectivity index (χ2n) is 5.14. The number of nitrogens with zero attached hydrogens (tertiary/aromatic N) is 1. The standard InChI is InChI=1S/C13H24N2O/c1-16-10-9-15(12-7-8-12)13(14)11-5-3-2-4-6-11/h11-12,14H,2-10H2,1H3. The maximum absolute atomic E-state index is 8.36. The summed E-state index contributed by atoms with van der Waals surface area (Å²) in [5, 5.41) is 8.36. The molecule has 0 aromatic rings. The second-order valence-corrected chi connectivity index (χ2v) is 5.14. The number of methoxy groups -OCH3 is 1. The van der Waals surface area contributed by atoms with Gasteiger partial charge in [-0.1, -0.05) is 19.3 Å². The van der Waals surface area contributed by atoms with Crippen molar-refractivity contribution in [1.29, 1.82) is 5.41 Å². The molecule has 0 atom stereocenters. The molecule has 3 nitrogen and oxygen atoms in total. The number of hydrogen-bond donors (Lipinski definition) is 1. The minimum atomic E-state index is 0.534. The molecular weight excluding hydrogens is 200 g/mol. The van der Waals surface area contributed by atoms with Crippen LogP contribution in [0.2, 0.25) is 0 Å². The summed E-state index contributed by atoms with van der Waals surface area (Å²) < 4.78 is 5.15. The highest BCUT2D eigenvalue weighted by atomic mass is 16.5. The van der Waals surface area contributed by atoms with E-state index in [4.69, 9.17) is 10.1 Å². The number of hydrogen-bond acceptors (Lipinski definition) is 2. The van der Waals surface area contributed by atoms with Crippen molar-refractivity contribution < 1.29 is 4.74 Å². The van der Waals surface area contributed by atoms with E-state index in [1.165, 1.54) is 44.9 Å². The van der Waals surface area contributed by atoms with Crippen molar-refractivity contribution >= 4 is 5.84 Å². The predicted octanol–water partition coefficient (Wildman–Crippen LogP) is 2.65. The topological polar surface area (TPSA) is 36.3 Å². The Morgan fingerprint density at radius 3 is 2.44 bits per heavy atom. The van der Waals surface area contributed by atoms with Gasteiger partial charge in [-0.3, -0.25) is 5.41 Å². The average molecular weight is 224 g/mol. The average Bonchev–Trinajstić information content (AvgIpc) is 3.15. The van der Waals surface area contributed by atoms with Gasteiger partial charge in [0.2, 0.25) is 0 Å². The van der Waals surface area contributed by atoms with Crippen LogP contribution < -0.4 is 0 Å². The van der Waals surface area contributed by atoms with Crippen molar-refractivity contribution in [2.24, 2.45) is 5.92 Å².